The van der Waals surface area contributed by atoms with Crippen molar-refractivity contribution in [3.63, 3.8) is 0 Å². The predicted molar refractivity (Wildman–Crippen MR) is 60.7 cm³/mol. The zero-order chi connectivity index (χ0) is 10.6. The number of hydrogen-bond donors (Lipinski definition) is 2. The summed E-state index contributed by atoms with van der Waals surface area (Å²) in [5.74, 6) is 0.188. The lowest BCUT2D eigenvalue weighted by Crippen LogP contribution is -2.23. The maximum Gasteiger partial charge on any atom is 0.152 e. The molecular weight excluding hydrogens is 266 g/mol. The molecule has 1 heterocycles. The molecule has 0 saturated heterocycles. The van der Waals surface area contributed by atoms with Gasteiger partial charge in [0.2, 0.25) is 0 Å². The Kier molecular flexibility index (Phi) is 4.21. The van der Waals surface area contributed by atoms with E-state index in [2.05, 4.69) is 26.1 Å². The average molecular weight is 276 g/mol. The number of hydrogen-bond acceptors (Lipinski definition) is 4. The van der Waals surface area contributed by atoms with Crippen LogP contribution in [0.15, 0.2) is 33.0 Å². The summed E-state index contributed by atoms with van der Waals surface area (Å²) in [6.07, 6.45) is 1.70. The van der Waals surface area contributed by atoms with E-state index in [1.807, 2.05) is 19.1 Å². The Hall–Kier alpha value is -0.750. The van der Waals surface area contributed by atoms with Crippen LogP contribution in [0.2, 0.25) is 0 Å². The van der Waals surface area contributed by atoms with E-state index in [-0.39, 0.29) is 11.1 Å². The summed E-state index contributed by atoms with van der Waals surface area (Å²) in [7, 11) is 0. The van der Waals surface area contributed by atoms with Crippen molar-refractivity contribution < 1.29 is 5.21 Å². The smallest absolute Gasteiger partial charge is 0.152 e. The van der Waals surface area contributed by atoms with E-state index in [1.54, 1.807) is 6.20 Å². The molecule has 6 heteroatoms. The number of halogens is 1. The number of pyridine rings is 1. The van der Waals surface area contributed by atoms with E-state index < -0.39 is 0 Å². The fourth-order valence-electron chi connectivity index (χ4n) is 0.767. The predicted octanol–water partition coefficient (Wildman–Crippen LogP) is 2.07. The number of oxime groups is 1. The molecule has 0 saturated carbocycles. The Balaban J connectivity index is 2.74. The minimum atomic E-state index is -0.105. The molecule has 0 aliphatic rings. The van der Waals surface area contributed by atoms with Gasteiger partial charge in [0.1, 0.15) is 5.03 Å². The van der Waals surface area contributed by atoms with Gasteiger partial charge in [-0.05, 0) is 35.0 Å². The van der Waals surface area contributed by atoms with Crippen LogP contribution in [0.5, 0.6) is 0 Å². The molecule has 0 radical (unpaired) electrons. The second kappa shape index (κ2) is 5.21. The molecule has 0 amide bonds. The van der Waals surface area contributed by atoms with Gasteiger partial charge in [0.15, 0.2) is 5.84 Å². The summed E-state index contributed by atoms with van der Waals surface area (Å²) in [5, 5.41) is 12.1. The van der Waals surface area contributed by atoms with Gasteiger partial charge in [0.05, 0.1) is 5.25 Å². The minimum Gasteiger partial charge on any atom is -0.409 e. The summed E-state index contributed by atoms with van der Waals surface area (Å²) in [6.45, 7) is 1.85. The number of nitrogens with zero attached hydrogens (tertiary/aromatic N) is 2. The summed E-state index contributed by atoms with van der Waals surface area (Å²) >= 11 is 4.80. The van der Waals surface area contributed by atoms with Crippen LogP contribution in [0.25, 0.3) is 0 Å². The largest absolute Gasteiger partial charge is 0.409 e. The number of nitrogens with two attached hydrogens (primary N) is 1. The first-order valence-corrected chi connectivity index (χ1v) is 5.57. The van der Waals surface area contributed by atoms with Crippen LogP contribution in [0.1, 0.15) is 6.92 Å². The topological polar surface area (TPSA) is 71.5 Å². The van der Waals surface area contributed by atoms with E-state index >= 15 is 0 Å². The highest BCUT2D eigenvalue weighted by Crippen LogP contribution is 2.27. The Labute approximate surface area is 94.7 Å². The van der Waals surface area contributed by atoms with Crippen molar-refractivity contribution >= 4 is 33.5 Å². The highest BCUT2D eigenvalue weighted by Gasteiger charge is 2.11. The number of rotatable bonds is 3. The molecule has 1 rings (SSSR count). The van der Waals surface area contributed by atoms with Crippen molar-refractivity contribution in [2.24, 2.45) is 10.9 Å². The second-order valence-corrected chi connectivity index (χ2v) is 4.76. The highest BCUT2D eigenvalue weighted by atomic mass is 79.9. The van der Waals surface area contributed by atoms with E-state index in [9.17, 15) is 0 Å². The first kappa shape index (κ1) is 11.3. The van der Waals surface area contributed by atoms with E-state index in [0.29, 0.717) is 0 Å². The molecule has 0 aliphatic heterocycles. The van der Waals surface area contributed by atoms with E-state index in [4.69, 9.17) is 10.9 Å². The van der Waals surface area contributed by atoms with Gasteiger partial charge < -0.3 is 10.9 Å². The van der Waals surface area contributed by atoms with E-state index in [1.165, 1.54) is 11.8 Å². The molecule has 0 aliphatic carbocycles. The Morgan fingerprint density at radius 3 is 3.07 bits per heavy atom. The van der Waals surface area contributed by atoms with Gasteiger partial charge in [-0.2, -0.15) is 0 Å². The molecule has 4 nitrogen and oxygen atoms in total. The lowest BCUT2D eigenvalue weighted by molar-refractivity contribution is 0.317. The van der Waals surface area contributed by atoms with Crippen molar-refractivity contribution in [3.8, 4) is 0 Å². The molecule has 14 heavy (non-hydrogen) atoms. The van der Waals surface area contributed by atoms with Crippen LogP contribution in [-0.2, 0) is 0 Å². The van der Waals surface area contributed by atoms with Gasteiger partial charge in [-0.15, -0.1) is 0 Å². The average Bonchev–Trinajstić information content (AvgIpc) is 2.20. The van der Waals surface area contributed by atoms with Crippen LogP contribution in [0.4, 0.5) is 0 Å². The Bertz CT molecular complexity index is 345. The lowest BCUT2D eigenvalue weighted by atomic mass is 10.4. The van der Waals surface area contributed by atoms with Crippen molar-refractivity contribution in [3.05, 3.63) is 22.8 Å². The summed E-state index contributed by atoms with van der Waals surface area (Å²) in [5.41, 5.74) is 5.45. The summed E-state index contributed by atoms with van der Waals surface area (Å²) in [6, 6.07) is 3.73. The van der Waals surface area contributed by atoms with Crippen molar-refractivity contribution in [1.29, 1.82) is 0 Å². The fraction of sp³-hybridized carbons (Fsp3) is 0.250. The van der Waals surface area contributed by atoms with E-state index in [0.717, 1.165) is 9.50 Å². The third kappa shape index (κ3) is 2.88. The van der Waals surface area contributed by atoms with Gasteiger partial charge in [-0.1, -0.05) is 16.9 Å². The minimum absolute atomic E-state index is 0.105. The monoisotopic (exact) mass is 275 g/mol. The number of thioether (sulfide) groups is 1. The van der Waals surface area contributed by atoms with Gasteiger partial charge in [0, 0.05) is 10.7 Å². The van der Waals surface area contributed by atoms with Crippen LogP contribution >= 0.6 is 27.7 Å². The molecule has 0 bridgehead atoms. The fourth-order valence-corrected chi connectivity index (χ4v) is 2.11. The number of aromatic nitrogens is 1. The van der Waals surface area contributed by atoms with Crippen molar-refractivity contribution in [2.45, 2.75) is 17.2 Å². The molecule has 0 fully saturated rings. The normalized spacial score (nSPS) is 14.0. The summed E-state index contributed by atoms with van der Waals surface area (Å²) < 4.78 is 0.905. The zero-order valence-corrected chi connectivity index (χ0v) is 9.92. The molecule has 1 aromatic heterocycles. The third-order valence-corrected chi connectivity index (χ3v) is 3.59. The highest BCUT2D eigenvalue weighted by molar-refractivity contribution is 9.10. The summed E-state index contributed by atoms with van der Waals surface area (Å²) in [4.78, 5) is 4.16. The zero-order valence-electron chi connectivity index (χ0n) is 7.51. The molecule has 0 spiro atoms. The lowest BCUT2D eigenvalue weighted by Gasteiger charge is -2.08. The molecule has 1 aromatic rings. The number of amidine groups is 1. The molecule has 0 aromatic carbocycles. The third-order valence-electron chi connectivity index (χ3n) is 1.55. The molecule has 1 atom stereocenters. The SMILES string of the molecule is CC(Sc1ncccc1Br)C(N)=NO. The first-order chi connectivity index (χ1) is 6.65. The van der Waals surface area contributed by atoms with Crippen LogP contribution in [0, 0.1) is 0 Å². The van der Waals surface area contributed by atoms with Crippen LogP contribution < -0.4 is 5.73 Å². The first-order valence-electron chi connectivity index (χ1n) is 3.89. The molecular formula is C8H10BrN3OS. The maximum absolute atomic E-state index is 8.47. The van der Waals surface area contributed by atoms with Crippen LogP contribution in [0.3, 0.4) is 0 Å². The van der Waals surface area contributed by atoms with Gasteiger partial charge >= 0.3 is 0 Å². The Morgan fingerprint density at radius 1 is 1.79 bits per heavy atom. The second-order valence-electron chi connectivity index (χ2n) is 2.58. The molecule has 76 valence electrons. The Morgan fingerprint density at radius 2 is 2.50 bits per heavy atom. The molecule has 1 unspecified atom stereocenters. The van der Waals surface area contributed by atoms with Crippen molar-refractivity contribution in [2.75, 3.05) is 0 Å². The van der Waals surface area contributed by atoms with Gasteiger partial charge in [-0.3, -0.25) is 0 Å². The quantitative estimate of drug-likeness (QED) is 0.291. The van der Waals surface area contributed by atoms with Gasteiger partial charge in [0.25, 0.3) is 0 Å². The maximum atomic E-state index is 8.47. The van der Waals surface area contributed by atoms with Crippen molar-refractivity contribution in [1.82, 2.24) is 4.98 Å². The molecule has 3 N–H and O–H groups in total. The standard InChI is InChI=1S/C8H10BrN3OS/c1-5(7(10)12-13)14-8-6(9)3-2-4-11-8/h2-5,13H,1H3,(H2,10,12). The van der Waals surface area contributed by atoms with Crippen LogP contribution in [-0.4, -0.2) is 21.3 Å². The van der Waals surface area contributed by atoms with Gasteiger partial charge in [-0.25, -0.2) is 4.98 Å².